The van der Waals surface area contributed by atoms with Crippen molar-refractivity contribution in [3.05, 3.63) is 69.7 Å². The largest absolute Gasteiger partial charge is 0.455 e. The zero-order valence-electron chi connectivity index (χ0n) is 14.7. The topological polar surface area (TPSA) is 55.4 Å². The maximum atomic E-state index is 12.4. The Balaban J connectivity index is 1.87. The van der Waals surface area contributed by atoms with E-state index in [1.54, 1.807) is 36.4 Å². The minimum absolute atomic E-state index is 0.0285. The van der Waals surface area contributed by atoms with Crippen LogP contribution in [0.4, 0.5) is 0 Å². The smallest absolute Gasteiger partial charge is 0.314 e. The fourth-order valence-electron chi connectivity index (χ4n) is 2.54. The molecule has 1 amide bonds. The van der Waals surface area contributed by atoms with Gasteiger partial charge < -0.3 is 10.1 Å². The summed E-state index contributed by atoms with van der Waals surface area (Å²) in [5, 5.41) is 3.95. The van der Waals surface area contributed by atoms with Crippen molar-refractivity contribution in [1.29, 1.82) is 0 Å². The van der Waals surface area contributed by atoms with E-state index in [-0.39, 0.29) is 18.4 Å². The quantitative estimate of drug-likeness (QED) is 0.699. The highest BCUT2D eigenvalue weighted by molar-refractivity contribution is 6.30. The SMILES string of the molecule is CC(C)[C@H](C(=O)OCC(=O)NCc1ccc(Cl)cc1)c1ccc(Cl)cc1. The van der Waals surface area contributed by atoms with Gasteiger partial charge in [-0.15, -0.1) is 0 Å². The molecule has 0 aliphatic rings. The van der Waals surface area contributed by atoms with Crippen LogP contribution in [0.1, 0.15) is 30.9 Å². The van der Waals surface area contributed by atoms with Crippen LogP contribution >= 0.6 is 23.2 Å². The van der Waals surface area contributed by atoms with Gasteiger partial charge in [0.1, 0.15) is 0 Å². The molecular weight excluding hydrogens is 373 g/mol. The molecule has 0 aromatic heterocycles. The summed E-state index contributed by atoms with van der Waals surface area (Å²) < 4.78 is 5.21. The second-order valence-corrected chi connectivity index (χ2v) is 7.16. The molecule has 0 aliphatic heterocycles. The minimum atomic E-state index is -0.448. The molecule has 6 heteroatoms. The van der Waals surface area contributed by atoms with Crippen LogP contribution in [0.15, 0.2) is 48.5 Å². The van der Waals surface area contributed by atoms with E-state index in [2.05, 4.69) is 5.32 Å². The van der Waals surface area contributed by atoms with E-state index in [9.17, 15) is 9.59 Å². The summed E-state index contributed by atoms with van der Waals surface area (Å²) in [5.41, 5.74) is 1.73. The molecule has 2 aromatic rings. The van der Waals surface area contributed by atoms with Crippen molar-refractivity contribution in [3.8, 4) is 0 Å². The molecule has 2 aromatic carbocycles. The molecule has 1 atom stereocenters. The molecular formula is C20H21Cl2NO3. The van der Waals surface area contributed by atoms with Crippen molar-refractivity contribution in [2.75, 3.05) is 6.61 Å². The first-order chi connectivity index (χ1) is 12.4. The van der Waals surface area contributed by atoms with Crippen LogP contribution in [0, 0.1) is 5.92 Å². The number of halogens is 2. The molecule has 4 nitrogen and oxygen atoms in total. The summed E-state index contributed by atoms with van der Waals surface area (Å²) in [6.07, 6.45) is 0. The molecule has 0 fully saturated rings. The second-order valence-electron chi connectivity index (χ2n) is 6.28. The van der Waals surface area contributed by atoms with Crippen molar-refractivity contribution in [2.24, 2.45) is 5.92 Å². The van der Waals surface area contributed by atoms with Crippen molar-refractivity contribution >= 4 is 35.1 Å². The fourth-order valence-corrected chi connectivity index (χ4v) is 2.80. The summed E-state index contributed by atoms with van der Waals surface area (Å²) in [7, 11) is 0. The Labute approximate surface area is 163 Å². The molecule has 138 valence electrons. The Hall–Kier alpha value is -2.04. The van der Waals surface area contributed by atoms with E-state index in [4.69, 9.17) is 27.9 Å². The molecule has 0 heterocycles. The highest BCUT2D eigenvalue weighted by Crippen LogP contribution is 2.27. The Morgan fingerprint density at radius 2 is 1.50 bits per heavy atom. The molecule has 2 rings (SSSR count). The van der Waals surface area contributed by atoms with Crippen LogP contribution in [-0.4, -0.2) is 18.5 Å². The lowest BCUT2D eigenvalue weighted by Crippen LogP contribution is -2.30. The molecule has 26 heavy (non-hydrogen) atoms. The third kappa shape index (κ3) is 6.04. The lowest BCUT2D eigenvalue weighted by atomic mass is 9.88. The lowest BCUT2D eigenvalue weighted by molar-refractivity contribution is -0.151. The van der Waals surface area contributed by atoms with Crippen LogP contribution in [-0.2, 0) is 20.9 Å². The molecule has 0 aliphatic carbocycles. The number of carbonyl (C=O) groups is 2. The number of hydrogen-bond donors (Lipinski definition) is 1. The first-order valence-corrected chi connectivity index (χ1v) is 9.05. The summed E-state index contributed by atoms with van der Waals surface area (Å²) in [6, 6.07) is 14.2. The Morgan fingerprint density at radius 1 is 0.962 bits per heavy atom. The number of carbonyl (C=O) groups excluding carboxylic acids is 2. The molecule has 0 bridgehead atoms. The van der Waals surface area contributed by atoms with E-state index in [1.807, 2.05) is 26.0 Å². The van der Waals surface area contributed by atoms with Crippen LogP contribution in [0.2, 0.25) is 10.0 Å². The Kier molecular flexibility index (Phi) is 7.49. The molecule has 1 N–H and O–H groups in total. The molecule has 0 spiro atoms. The average molecular weight is 394 g/mol. The third-order valence-corrected chi connectivity index (χ3v) is 4.40. The van der Waals surface area contributed by atoms with E-state index in [0.717, 1.165) is 11.1 Å². The first kappa shape index (κ1) is 20.3. The lowest BCUT2D eigenvalue weighted by Gasteiger charge is -2.20. The van der Waals surface area contributed by atoms with Gasteiger partial charge in [-0.25, -0.2) is 0 Å². The van der Waals surface area contributed by atoms with Crippen molar-refractivity contribution in [1.82, 2.24) is 5.32 Å². The average Bonchev–Trinajstić information content (AvgIpc) is 2.61. The van der Waals surface area contributed by atoms with E-state index in [0.29, 0.717) is 16.6 Å². The number of hydrogen-bond acceptors (Lipinski definition) is 3. The van der Waals surface area contributed by atoms with E-state index < -0.39 is 11.9 Å². The number of ether oxygens (including phenoxy) is 1. The normalized spacial score (nSPS) is 11.9. The Bertz CT molecular complexity index is 743. The number of nitrogens with one attached hydrogen (secondary N) is 1. The summed E-state index contributed by atoms with van der Waals surface area (Å²) in [5.74, 6) is -1.20. The highest BCUT2D eigenvalue weighted by Gasteiger charge is 2.26. The summed E-state index contributed by atoms with van der Waals surface area (Å²) in [6.45, 7) is 3.89. The predicted octanol–water partition coefficient (Wildman–Crippen LogP) is 4.59. The van der Waals surface area contributed by atoms with Crippen molar-refractivity contribution in [2.45, 2.75) is 26.3 Å². The van der Waals surface area contributed by atoms with Gasteiger partial charge in [0.2, 0.25) is 0 Å². The van der Waals surface area contributed by atoms with Gasteiger partial charge in [0, 0.05) is 16.6 Å². The summed E-state index contributed by atoms with van der Waals surface area (Å²) in [4.78, 5) is 24.4. The van der Waals surface area contributed by atoms with Gasteiger partial charge in [-0.1, -0.05) is 61.3 Å². The van der Waals surface area contributed by atoms with Gasteiger partial charge in [0.15, 0.2) is 6.61 Å². The van der Waals surface area contributed by atoms with Gasteiger partial charge in [-0.2, -0.15) is 0 Å². The van der Waals surface area contributed by atoms with Crippen LogP contribution in [0.3, 0.4) is 0 Å². The zero-order chi connectivity index (χ0) is 19.1. The molecule has 0 saturated carbocycles. The maximum Gasteiger partial charge on any atom is 0.314 e. The van der Waals surface area contributed by atoms with Gasteiger partial charge in [-0.3, -0.25) is 9.59 Å². The van der Waals surface area contributed by atoms with Crippen LogP contribution in [0.25, 0.3) is 0 Å². The maximum absolute atomic E-state index is 12.4. The standard InChI is InChI=1S/C20H21Cl2NO3/c1-13(2)19(15-5-9-17(22)10-6-15)20(25)26-12-18(24)23-11-14-3-7-16(21)8-4-14/h3-10,13,19H,11-12H2,1-2H3,(H,23,24)/t19-/m0/s1. The monoisotopic (exact) mass is 393 g/mol. The minimum Gasteiger partial charge on any atom is -0.455 e. The third-order valence-electron chi connectivity index (χ3n) is 3.90. The summed E-state index contributed by atoms with van der Waals surface area (Å²) >= 11 is 11.7. The van der Waals surface area contributed by atoms with Gasteiger partial charge in [0.25, 0.3) is 5.91 Å². The Morgan fingerprint density at radius 3 is 2.04 bits per heavy atom. The number of benzene rings is 2. The van der Waals surface area contributed by atoms with Gasteiger partial charge in [0.05, 0.1) is 5.92 Å². The number of rotatable bonds is 7. The molecule has 0 radical (unpaired) electrons. The van der Waals surface area contributed by atoms with Crippen molar-refractivity contribution < 1.29 is 14.3 Å². The van der Waals surface area contributed by atoms with E-state index in [1.165, 1.54) is 0 Å². The highest BCUT2D eigenvalue weighted by atomic mass is 35.5. The van der Waals surface area contributed by atoms with E-state index >= 15 is 0 Å². The zero-order valence-corrected chi connectivity index (χ0v) is 16.2. The second kappa shape index (κ2) is 9.60. The number of esters is 1. The van der Waals surface area contributed by atoms with Gasteiger partial charge in [-0.05, 0) is 41.3 Å². The number of amides is 1. The van der Waals surface area contributed by atoms with Crippen LogP contribution in [0.5, 0.6) is 0 Å². The fraction of sp³-hybridized carbons (Fsp3) is 0.300. The van der Waals surface area contributed by atoms with Crippen LogP contribution < -0.4 is 5.32 Å². The molecule has 0 saturated heterocycles. The molecule has 0 unspecified atom stereocenters. The predicted molar refractivity (Wildman–Crippen MR) is 103 cm³/mol. The first-order valence-electron chi connectivity index (χ1n) is 8.30. The van der Waals surface area contributed by atoms with Crippen molar-refractivity contribution in [3.63, 3.8) is 0 Å². The van der Waals surface area contributed by atoms with Gasteiger partial charge >= 0.3 is 5.97 Å².